The molecule has 1 aliphatic heterocycles. The first kappa shape index (κ1) is 54.7. The van der Waals surface area contributed by atoms with E-state index in [0.717, 1.165) is 0 Å². The van der Waals surface area contributed by atoms with E-state index >= 15 is 0 Å². The fourth-order valence-electron chi connectivity index (χ4n) is 6.65. The van der Waals surface area contributed by atoms with Gasteiger partial charge in [-0.05, 0) is 83.6 Å². The summed E-state index contributed by atoms with van der Waals surface area (Å²) in [6, 6.07) is -8.55. The van der Waals surface area contributed by atoms with Gasteiger partial charge in [0.1, 0.15) is 42.3 Å². The zero-order valence-electron chi connectivity index (χ0n) is 36.7. The summed E-state index contributed by atoms with van der Waals surface area (Å²) in [7, 11) is 0. The Morgan fingerprint density at radius 2 is 1.14 bits per heavy atom. The summed E-state index contributed by atoms with van der Waals surface area (Å²) >= 11 is 0. The fourth-order valence-corrected chi connectivity index (χ4v) is 6.65. The molecule has 7 atom stereocenters. The van der Waals surface area contributed by atoms with Crippen LogP contribution in [0.2, 0.25) is 0 Å². The first-order chi connectivity index (χ1) is 29.6. The topological polar surface area (TPSA) is 430 Å². The number of aliphatic imine (C=N–C) groups is 2. The number of carboxylic acid groups (broad SMARTS) is 1. The number of guanidine groups is 2. The molecule has 25 heteroatoms. The van der Waals surface area contributed by atoms with Crippen LogP contribution in [0.25, 0.3) is 0 Å². The molecule has 0 aromatic carbocycles. The Morgan fingerprint density at radius 3 is 1.65 bits per heavy atom. The van der Waals surface area contributed by atoms with Crippen LogP contribution in [-0.4, -0.2) is 144 Å². The van der Waals surface area contributed by atoms with Crippen molar-refractivity contribution in [2.24, 2.45) is 50.3 Å². The van der Waals surface area contributed by atoms with E-state index in [4.69, 9.17) is 34.4 Å². The molecule has 0 bridgehead atoms. The number of amides is 8. The third kappa shape index (κ3) is 21.4. The predicted octanol–water partition coefficient (Wildman–Crippen LogP) is -4.83. The number of unbranched alkanes of at least 4 members (excludes halogenated alkanes) is 1. The molecule has 19 N–H and O–H groups in total. The summed E-state index contributed by atoms with van der Waals surface area (Å²) in [5.41, 5.74) is 32.8. The number of nitrogens with one attached hydrogen (secondary N) is 6. The summed E-state index contributed by atoms with van der Waals surface area (Å²) in [4.78, 5) is 126. The predicted molar refractivity (Wildman–Crippen MR) is 231 cm³/mol. The third-order valence-electron chi connectivity index (χ3n) is 9.75. The van der Waals surface area contributed by atoms with Gasteiger partial charge in [-0.15, -0.1) is 0 Å². The van der Waals surface area contributed by atoms with Crippen LogP contribution < -0.4 is 66.3 Å². The summed E-state index contributed by atoms with van der Waals surface area (Å²) in [5.74, 6) is -7.81. The average molecular weight is 896 g/mol. The van der Waals surface area contributed by atoms with E-state index in [1.807, 2.05) is 0 Å². The summed E-state index contributed by atoms with van der Waals surface area (Å²) in [6.07, 6.45) is 1.35. The lowest BCUT2D eigenvalue weighted by Gasteiger charge is -2.31. The lowest BCUT2D eigenvalue weighted by Crippen LogP contribution is -2.59. The summed E-state index contributed by atoms with van der Waals surface area (Å²) in [6.45, 7) is 6.82. The Labute approximate surface area is 366 Å². The molecule has 0 aliphatic carbocycles. The zero-order valence-corrected chi connectivity index (χ0v) is 36.7. The van der Waals surface area contributed by atoms with Crippen LogP contribution in [0.4, 0.5) is 0 Å². The third-order valence-corrected chi connectivity index (χ3v) is 9.75. The molecule has 1 aliphatic rings. The lowest BCUT2D eigenvalue weighted by molar-refractivity contribution is -0.143. The van der Waals surface area contributed by atoms with E-state index in [-0.39, 0.29) is 89.0 Å². The van der Waals surface area contributed by atoms with Gasteiger partial charge in [0.05, 0.1) is 6.42 Å². The number of carbonyl (C=O) groups excluding carboxylic acids is 8. The second-order valence-electron chi connectivity index (χ2n) is 15.7. The van der Waals surface area contributed by atoms with Crippen LogP contribution in [0.15, 0.2) is 9.98 Å². The molecular formula is C38H69N15O10. The van der Waals surface area contributed by atoms with Crippen molar-refractivity contribution in [2.45, 2.75) is 141 Å². The lowest BCUT2D eigenvalue weighted by atomic mass is 10.0. The monoisotopic (exact) mass is 896 g/mol. The maximum Gasteiger partial charge on any atom is 0.305 e. The van der Waals surface area contributed by atoms with Crippen LogP contribution >= 0.6 is 0 Å². The van der Waals surface area contributed by atoms with Gasteiger partial charge < -0.3 is 76.3 Å². The van der Waals surface area contributed by atoms with Gasteiger partial charge in [-0.3, -0.25) is 53.1 Å². The van der Waals surface area contributed by atoms with Crippen LogP contribution in [0.3, 0.4) is 0 Å². The first-order valence-electron chi connectivity index (χ1n) is 21.0. The van der Waals surface area contributed by atoms with Crippen LogP contribution in [-0.2, 0) is 43.2 Å². The zero-order chi connectivity index (χ0) is 47.8. The molecule has 0 aromatic rings. The van der Waals surface area contributed by atoms with Crippen molar-refractivity contribution in [3.63, 3.8) is 0 Å². The summed E-state index contributed by atoms with van der Waals surface area (Å²) < 4.78 is 0. The molecule has 63 heavy (non-hydrogen) atoms. The van der Waals surface area contributed by atoms with Gasteiger partial charge in [-0.2, -0.15) is 0 Å². The summed E-state index contributed by atoms with van der Waals surface area (Å²) in [5, 5.41) is 24.6. The average Bonchev–Trinajstić information content (AvgIpc) is 3.68. The molecule has 1 saturated heterocycles. The molecule has 25 nitrogen and oxygen atoms in total. The van der Waals surface area contributed by atoms with Gasteiger partial charge in [0, 0.05) is 26.6 Å². The number of hydrogen-bond donors (Lipinski definition) is 13. The molecule has 0 radical (unpaired) electrons. The van der Waals surface area contributed by atoms with Crippen molar-refractivity contribution in [3.8, 4) is 0 Å². The van der Waals surface area contributed by atoms with Crippen molar-refractivity contribution >= 4 is 65.1 Å². The highest BCUT2D eigenvalue weighted by Crippen LogP contribution is 2.21. The van der Waals surface area contributed by atoms with Gasteiger partial charge >= 0.3 is 5.97 Å². The van der Waals surface area contributed by atoms with Crippen molar-refractivity contribution in [1.29, 1.82) is 0 Å². The number of carboxylic acids is 1. The van der Waals surface area contributed by atoms with Crippen molar-refractivity contribution in [1.82, 2.24) is 36.8 Å². The number of primary amides is 1. The van der Waals surface area contributed by atoms with Crippen molar-refractivity contribution in [2.75, 3.05) is 26.2 Å². The molecule has 0 spiro atoms. The van der Waals surface area contributed by atoms with E-state index in [0.29, 0.717) is 19.3 Å². The molecule has 1 heterocycles. The van der Waals surface area contributed by atoms with E-state index in [2.05, 4.69) is 41.9 Å². The number of hydrogen-bond acceptors (Lipinski definition) is 12. The largest absolute Gasteiger partial charge is 0.481 e. The minimum atomic E-state index is -1.55. The molecule has 356 valence electrons. The van der Waals surface area contributed by atoms with E-state index < -0.39 is 102 Å². The Morgan fingerprint density at radius 1 is 0.651 bits per heavy atom. The molecule has 0 unspecified atom stereocenters. The highest BCUT2D eigenvalue weighted by atomic mass is 16.4. The second kappa shape index (κ2) is 28.4. The van der Waals surface area contributed by atoms with Crippen LogP contribution in [0.5, 0.6) is 0 Å². The number of rotatable bonds is 29. The quantitative estimate of drug-likeness (QED) is 0.0190. The molecule has 1 fully saturated rings. The first-order valence-corrected chi connectivity index (χ1v) is 21.0. The molecule has 1 rings (SSSR count). The second-order valence-corrected chi connectivity index (χ2v) is 15.7. The number of carbonyl (C=O) groups is 9. The SMILES string of the molecule is CC(=O)N[C@@H](C)C(=O)N[C@@H](CCCN=C(N)N)C(=O)N[C@@H](CCCN=C(N)N)C(=O)N1CCC[C@H]1C(=O)N[C@@H](CCCCN)C(=O)N[C@@H](CC(C)C)C(=O)N[C@@H](CC(=O)O)C(N)=O. The van der Waals surface area contributed by atoms with Crippen molar-refractivity contribution in [3.05, 3.63) is 0 Å². The standard InChI is InChI=1S/C38H69N15O10/c1-20(2)18-27(34(61)51-26(30(40)57)19-29(55)56)52-33(60)23(10-5-6-14-39)49-35(62)28-13-9-17-53(28)36(63)25(12-8-16-46-38(43)44)50-32(59)24(11-7-15-45-37(41)42)48-31(58)21(3)47-22(4)54/h20-21,23-28H,5-19,39H2,1-4H3,(H2,40,57)(H,47,54)(H,48,58)(H,49,62)(H,50,59)(H,51,61)(H,52,60)(H,55,56)(H4,41,42,45)(H4,43,44,46)/t21-,23-,24-,25-,26-,27-,28-/m0/s1. The van der Waals surface area contributed by atoms with Crippen molar-refractivity contribution < 1.29 is 48.3 Å². The van der Waals surface area contributed by atoms with Gasteiger partial charge in [-0.25, -0.2) is 0 Å². The fraction of sp³-hybridized carbons (Fsp3) is 0.711. The smallest absolute Gasteiger partial charge is 0.305 e. The van der Waals surface area contributed by atoms with E-state index in [1.165, 1.54) is 18.7 Å². The normalized spacial score (nSPS) is 16.2. The van der Waals surface area contributed by atoms with E-state index in [9.17, 15) is 48.3 Å². The Balaban J connectivity index is 3.43. The maximum absolute atomic E-state index is 14.3. The highest BCUT2D eigenvalue weighted by molar-refractivity contribution is 5.98. The molecule has 0 aromatic heterocycles. The van der Waals surface area contributed by atoms with Gasteiger partial charge in [0.15, 0.2) is 11.9 Å². The van der Waals surface area contributed by atoms with Gasteiger partial charge in [0.25, 0.3) is 0 Å². The van der Waals surface area contributed by atoms with Gasteiger partial charge in [-0.1, -0.05) is 13.8 Å². The van der Waals surface area contributed by atoms with Crippen LogP contribution in [0.1, 0.15) is 98.3 Å². The molecule has 0 saturated carbocycles. The van der Waals surface area contributed by atoms with E-state index in [1.54, 1.807) is 13.8 Å². The minimum Gasteiger partial charge on any atom is -0.481 e. The number of nitrogens with two attached hydrogens (primary N) is 6. The number of nitrogens with zero attached hydrogens (tertiary/aromatic N) is 3. The molecular weight excluding hydrogens is 827 g/mol. The Hall–Kier alpha value is -6.27. The molecule has 8 amide bonds. The Bertz CT molecular complexity index is 1650. The number of aliphatic carboxylic acids is 1. The number of likely N-dealkylation sites (tertiary alicyclic amines) is 1. The highest BCUT2D eigenvalue weighted by Gasteiger charge is 2.40. The maximum atomic E-state index is 14.3. The van der Waals surface area contributed by atoms with Crippen LogP contribution in [0, 0.1) is 5.92 Å². The van der Waals surface area contributed by atoms with Gasteiger partial charge in [0.2, 0.25) is 47.3 Å². The minimum absolute atomic E-state index is 0.00958. The Kier molecular flexibility index (Phi) is 24.6.